The number of nitrogens with zero attached hydrogens (tertiary/aromatic N) is 3. The fourth-order valence-corrected chi connectivity index (χ4v) is 14.4. The summed E-state index contributed by atoms with van der Waals surface area (Å²) in [4.78, 5) is 7.66. The van der Waals surface area contributed by atoms with E-state index in [-0.39, 0.29) is 12.1 Å². The molecule has 0 aromatic heterocycles. The zero-order chi connectivity index (χ0) is 58.2. The Kier molecular flexibility index (Phi) is 12.4. The highest BCUT2D eigenvalue weighted by atomic mass is 15.2. The third-order valence-electron chi connectivity index (χ3n) is 18.4. The summed E-state index contributed by atoms with van der Waals surface area (Å²) in [7, 11) is 0. The van der Waals surface area contributed by atoms with Gasteiger partial charge >= 0.3 is 0 Å². The van der Waals surface area contributed by atoms with Crippen LogP contribution in [-0.2, 0) is 10.8 Å². The Morgan fingerprint density at radius 1 is 0.310 bits per heavy atom. The minimum Gasteiger partial charge on any atom is -0.311 e. The van der Waals surface area contributed by atoms with E-state index in [0.717, 1.165) is 62.3 Å². The molecule has 0 spiro atoms. The van der Waals surface area contributed by atoms with Gasteiger partial charge in [0.05, 0.1) is 11.1 Å². The molecule has 0 unspecified atom stereocenters. The van der Waals surface area contributed by atoms with Gasteiger partial charge in [-0.3, -0.25) is 0 Å². The largest absolute Gasteiger partial charge is 0.311 e. The van der Waals surface area contributed by atoms with E-state index in [1.807, 2.05) is 0 Å². The van der Waals surface area contributed by atoms with Crippen molar-refractivity contribution in [2.24, 2.45) is 0 Å². The predicted octanol–water partition coefficient (Wildman–Crippen LogP) is 19.9. The van der Waals surface area contributed by atoms with Gasteiger partial charge < -0.3 is 14.7 Å². The summed E-state index contributed by atoms with van der Waals surface area (Å²) in [5.74, 6) is 0. The molecular formula is C83H62BN3. The van der Waals surface area contributed by atoms with Crippen LogP contribution in [0, 0.1) is 0 Å². The SMILES string of the molecule is CC(C)(C)c1ccc2c(c1)B1c3cc4c(cc3N(c3ccc(-c5ccccc5)cc3)c3cc(N(c5ccccc5)c5ccccc5)cc(c31)N2c1cc(-c2ccccc2)cc(-c2ccccc2)c1)-c1ccccc1C4(c1ccccc1)c1ccccc1. The normalized spacial score (nSPS) is 13.3. The quantitative estimate of drug-likeness (QED) is 0.126. The molecule has 0 fully saturated rings. The first-order chi connectivity index (χ1) is 42.8. The number of anilines is 9. The molecule has 16 rings (SSSR count). The minimum absolute atomic E-state index is 0.147. The van der Waals surface area contributed by atoms with Crippen molar-refractivity contribution in [1.82, 2.24) is 0 Å². The number of benzene rings is 13. The number of para-hydroxylation sites is 2. The van der Waals surface area contributed by atoms with Crippen LogP contribution in [-0.4, -0.2) is 6.71 Å². The van der Waals surface area contributed by atoms with Gasteiger partial charge in [0.2, 0.25) is 0 Å². The fourth-order valence-electron chi connectivity index (χ4n) is 14.4. The average Bonchev–Trinajstić information content (AvgIpc) is 1.72. The van der Waals surface area contributed by atoms with E-state index >= 15 is 0 Å². The van der Waals surface area contributed by atoms with Gasteiger partial charge in [-0.1, -0.05) is 263 Å². The molecule has 0 radical (unpaired) electrons. The number of fused-ring (bicyclic) bond motifs is 7. The van der Waals surface area contributed by atoms with E-state index in [1.54, 1.807) is 0 Å². The minimum atomic E-state index is -0.618. The zero-order valence-corrected chi connectivity index (χ0v) is 49.0. The van der Waals surface area contributed by atoms with Crippen LogP contribution in [0.5, 0.6) is 0 Å². The Labute approximate surface area is 511 Å². The summed E-state index contributed by atoms with van der Waals surface area (Å²) in [5, 5.41) is 0. The van der Waals surface area contributed by atoms with Gasteiger partial charge in [-0.05, 0) is 173 Å². The Morgan fingerprint density at radius 3 is 1.29 bits per heavy atom. The smallest absolute Gasteiger partial charge is 0.252 e. The Bertz CT molecular complexity index is 4560. The molecule has 1 aliphatic carbocycles. The third-order valence-corrected chi connectivity index (χ3v) is 18.4. The van der Waals surface area contributed by atoms with Crippen molar-refractivity contribution in [3.05, 3.63) is 349 Å². The Balaban J connectivity index is 1.06. The number of hydrogen-bond acceptors (Lipinski definition) is 3. The molecule has 0 bridgehead atoms. The highest BCUT2D eigenvalue weighted by Crippen LogP contribution is 2.58. The first-order valence-corrected chi connectivity index (χ1v) is 30.4. The molecule has 2 aliphatic heterocycles. The van der Waals surface area contributed by atoms with Crippen molar-refractivity contribution in [3.8, 4) is 44.5 Å². The van der Waals surface area contributed by atoms with Crippen LogP contribution >= 0.6 is 0 Å². The number of hydrogen-bond donors (Lipinski definition) is 0. The fraction of sp³-hybridized carbons (Fsp3) is 0.0602. The highest BCUT2D eigenvalue weighted by molar-refractivity contribution is 7.00. The van der Waals surface area contributed by atoms with Crippen LogP contribution in [0.15, 0.2) is 322 Å². The lowest BCUT2D eigenvalue weighted by atomic mass is 9.33. The second kappa shape index (κ2) is 20.8. The van der Waals surface area contributed by atoms with Crippen molar-refractivity contribution < 1.29 is 0 Å². The van der Waals surface area contributed by atoms with E-state index in [4.69, 9.17) is 0 Å². The molecule has 0 atom stereocenters. The van der Waals surface area contributed by atoms with Crippen molar-refractivity contribution >= 4 is 74.3 Å². The summed E-state index contributed by atoms with van der Waals surface area (Å²) in [6.45, 7) is 6.86. The maximum absolute atomic E-state index is 2.65. The Hall–Kier alpha value is -10.7. The lowest BCUT2D eigenvalue weighted by Crippen LogP contribution is -2.61. The van der Waals surface area contributed by atoms with Crippen LogP contribution in [0.1, 0.15) is 48.6 Å². The van der Waals surface area contributed by atoms with Crippen molar-refractivity contribution in [2.75, 3.05) is 14.7 Å². The van der Waals surface area contributed by atoms with E-state index in [9.17, 15) is 0 Å². The van der Waals surface area contributed by atoms with E-state index in [1.165, 1.54) is 77.6 Å². The van der Waals surface area contributed by atoms with Crippen LogP contribution in [0.2, 0.25) is 0 Å². The van der Waals surface area contributed by atoms with Gasteiger partial charge in [0.25, 0.3) is 6.71 Å². The molecule has 13 aromatic rings. The summed E-state index contributed by atoms with van der Waals surface area (Å²) in [5.41, 5.74) is 28.8. The molecule has 0 saturated carbocycles. The lowest BCUT2D eigenvalue weighted by Gasteiger charge is -2.46. The summed E-state index contributed by atoms with van der Waals surface area (Å²) in [6.07, 6.45) is 0. The van der Waals surface area contributed by atoms with Crippen molar-refractivity contribution in [3.63, 3.8) is 0 Å². The average molecular weight is 1110 g/mol. The van der Waals surface area contributed by atoms with Gasteiger partial charge in [0.15, 0.2) is 0 Å². The van der Waals surface area contributed by atoms with Crippen molar-refractivity contribution in [2.45, 2.75) is 31.6 Å². The predicted molar refractivity (Wildman–Crippen MR) is 367 cm³/mol. The third kappa shape index (κ3) is 8.57. The molecule has 0 amide bonds. The summed E-state index contributed by atoms with van der Waals surface area (Å²) < 4.78 is 0. The lowest BCUT2D eigenvalue weighted by molar-refractivity contribution is 0.591. The van der Waals surface area contributed by atoms with Gasteiger partial charge in [-0.2, -0.15) is 0 Å². The molecule has 4 heteroatoms. The first kappa shape index (κ1) is 51.9. The number of rotatable bonds is 10. The van der Waals surface area contributed by atoms with Crippen LogP contribution < -0.4 is 31.1 Å². The molecule has 0 saturated heterocycles. The maximum Gasteiger partial charge on any atom is 0.252 e. The van der Waals surface area contributed by atoms with Crippen LogP contribution in [0.4, 0.5) is 51.2 Å². The standard InChI is InChI=1S/C83H62BN3/c1-82(2,3)65-45-48-77-75(52-65)84-76-56-74-72(71-41-25-26-42-73(71)83(74,63-33-17-7-18-34-63)64-35-19-8-20-36-64)55-78(76)86(68-46-43-60(44-47-68)57-27-11-4-12-28-57)79-53-70(85(66-37-21-9-22-38-66)67-39-23-10-24-40-67)54-80(81(79)84)87(77)69-50-61(58-29-13-5-14-30-58)49-62(51-69)59-31-15-6-16-32-59/h4-56H,1-3H3. The van der Waals surface area contributed by atoms with E-state index in [2.05, 4.69) is 357 Å². The second-order valence-corrected chi connectivity index (χ2v) is 24.4. The molecule has 3 nitrogen and oxygen atoms in total. The molecule has 412 valence electrons. The summed E-state index contributed by atoms with van der Waals surface area (Å²) in [6, 6.07) is 120. The Morgan fingerprint density at radius 2 is 0.759 bits per heavy atom. The molecule has 0 N–H and O–H groups in total. The van der Waals surface area contributed by atoms with E-state index in [0.29, 0.717) is 0 Å². The highest BCUT2D eigenvalue weighted by Gasteiger charge is 2.50. The molecular weight excluding hydrogens is 1050 g/mol. The van der Waals surface area contributed by atoms with Gasteiger partial charge in [0, 0.05) is 45.5 Å². The zero-order valence-electron chi connectivity index (χ0n) is 49.0. The van der Waals surface area contributed by atoms with Crippen LogP contribution in [0.3, 0.4) is 0 Å². The van der Waals surface area contributed by atoms with Gasteiger partial charge in [-0.25, -0.2) is 0 Å². The molecule has 2 heterocycles. The maximum atomic E-state index is 2.65. The molecule has 3 aliphatic rings. The molecule has 13 aromatic carbocycles. The second-order valence-electron chi connectivity index (χ2n) is 24.4. The van der Waals surface area contributed by atoms with E-state index < -0.39 is 5.41 Å². The van der Waals surface area contributed by atoms with Gasteiger partial charge in [0.1, 0.15) is 0 Å². The summed E-state index contributed by atoms with van der Waals surface area (Å²) >= 11 is 0. The van der Waals surface area contributed by atoms with Crippen molar-refractivity contribution in [1.29, 1.82) is 0 Å². The monoisotopic (exact) mass is 1110 g/mol. The molecule has 87 heavy (non-hydrogen) atoms. The first-order valence-electron chi connectivity index (χ1n) is 30.4. The van der Waals surface area contributed by atoms with Gasteiger partial charge in [-0.15, -0.1) is 0 Å². The van der Waals surface area contributed by atoms with Crippen LogP contribution in [0.25, 0.3) is 44.5 Å². The topological polar surface area (TPSA) is 9.72 Å².